The van der Waals surface area contributed by atoms with Crippen LogP contribution in [0, 0.1) is 12.7 Å². The zero-order valence-corrected chi connectivity index (χ0v) is 13.3. The maximum atomic E-state index is 13.8. The predicted octanol–water partition coefficient (Wildman–Crippen LogP) is 3.90. The summed E-state index contributed by atoms with van der Waals surface area (Å²) in [6, 6.07) is 5.19. The maximum Gasteiger partial charge on any atom is 0.129 e. The number of H-pyrrole nitrogens is 1. The van der Waals surface area contributed by atoms with Crippen LogP contribution in [-0.2, 0) is 6.42 Å². The summed E-state index contributed by atoms with van der Waals surface area (Å²) in [6.45, 7) is 4.85. The molecule has 0 saturated heterocycles. The first-order chi connectivity index (χ1) is 9.58. The van der Waals surface area contributed by atoms with Crippen molar-refractivity contribution in [1.82, 2.24) is 15.5 Å². The molecule has 0 fully saturated rings. The Morgan fingerprint density at radius 3 is 2.90 bits per heavy atom. The Kier molecular flexibility index (Phi) is 5.31. The van der Waals surface area contributed by atoms with Crippen LogP contribution < -0.4 is 5.32 Å². The molecule has 2 N–H and O–H groups in total. The summed E-state index contributed by atoms with van der Waals surface area (Å²) < 4.78 is 14.6. The summed E-state index contributed by atoms with van der Waals surface area (Å²) in [5.41, 5.74) is 3.07. The van der Waals surface area contributed by atoms with E-state index in [9.17, 15) is 4.39 Å². The Morgan fingerprint density at radius 2 is 2.25 bits per heavy atom. The Morgan fingerprint density at radius 1 is 1.45 bits per heavy atom. The van der Waals surface area contributed by atoms with Gasteiger partial charge in [0, 0.05) is 21.8 Å². The minimum Gasteiger partial charge on any atom is -0.310 e. The second-order valence-corrected chi connectivity index (χ2v) is 5.88. The van der Waals surface area contributed by atoms with E-state index in [-0.39, 0.29) is 11.9 Å². The van der Waals surface area contributed by atoms with Gasteiger partial charge in [0.1, 0.15) is 5.82 Å². The van der Waals surface area contributed by atoms with E-state index in [4.69, 9.17) is 0 Å². The Bertz CT molecular complexity index is 568. The van der Waals surface area contributed by atoms with Crippen LogP contribution in [-0.4, -0.2) is 16.7 Å². The zero-order valence-electron chi connectivity index (χ0n) is 11.7. The lowest BCUT2D eigenvalue weighted by molar-refractivity contribution is 0.520. The van der Waals surface area contributed by atoms with E-state index < -0.39 is 0 Å². The zero-order chi connectivity index (χ0) is 14.5. The van der Waals surface area contributed by atoms with Gasteiger partial charge in [-0.1, -0.05) is 22.0 Å². The highest BCUT2D eigenvalue weighted by molar-refractivity contribution is 9.10. The molecule has 0 amide bonds. The SMILES string of the molecule is Cc1[nH]ncc1CCCNC(C)c1ccc(Br)cc1F. The first-order valence-corrected chi connectivity index (χ1v) is 7.54. The number of rotatable bonds is 6. The Hall–Kier alpha value is -1.20. The van der Waals surface area contributed by atoms with Gasteiger partial charge in [-0.2, -0.15) is 5.10 Å². The van der Waals surface area contributed by atoms with Crippen molar-refractivity contribution in [3.8, 4) is 0 Å². The molecule has 0 radical (unpaired) electrons. The molecule has 1 unspecified atom stereocenters. The summed E-state index contributed by atoms with van der Waals surface area (Å²) in [6.07, 6.45) is 3.85. The molecule has 108 valence electrons. The Labute approximate surface area is 127 Å². The summed E-state index contributed by atoms with van der Waals surface area (Å²) in [5.74, 6) is -0.176. The summed E-state index contributed by atoms with van der Waals surface area (Å²) in [5, 5.41) is 10.3. The molecule has 0 spiro atoms. The number of benzene rings is 1. The van der Waals surface area contributed by atoms with Gasteiger partial charge in [0.05, 0.1) is 6.20 Å². The molecule has 1 aromatic carbocycles. The molecule has 0 saturated carbocycles. The van der Waals surface area contributed by atoms with Gasteiger partial charge in [-0.25, -0.2) is 4.39 Å². The van der Waals surface area contributed by atoms with Gasteiger partial charge in [0.25, 0.3) is 0 Å². The van der Waals surface area contributed by atoms with E-state index in [1.54, 1.807) is 0 Å². The van der Waals surface area contributed by atoms with Gasteiger partial charge in [0.2, 0.25) is 0 Å². The van der Waals surface area contributed by atoms with Gasteiger partial charge >= 0.3 is 0 Å². The average Bonchev–Trinajstić information content (AvgIpc) is 2.80. The van der Waals surface area contributed by atoms with E-state index in [2.05, 4.69) is 31.4 Å². The fraction of sp³-hybridized carbons (Fsp3) is 0.400. The lowest BCUT2D eigenvalue weighted by atomic mass is 10.1. The second-order valence-electron chi connectivity index (χ2n) is 4.97. The fourth-order valence-corrected chi connectivity index (χ4v) is 2.52. The van der Waals surface area contributed by atoms with Crippen LogP contribution in [0.25, 0.3) is 0 Å². The first-order valence-electron chi connectivity index (χ1n) is 6.75. The number of hydrogen-bond donors (Lipinski definition) is 2. The highest BCUT2D eigenvalue weighted by Crippen LogP contribution is 2.20. The monoisotopic (exact) mass is 339 g/mol. The second kappa shape index (κ2) is 6.99. The largest absolute Gasteiger partial charge is 0.310 e. The number of aromatic amines is 1. The van der Waals surface area contributed by atoms with Crippen molar-refractivity contribution in [3.63, 3.8) is 0 Å². The van der Waals surface area contributed by atoms with E-state index in [0.717, 1.165) is 29.6 Å². The molecule has 2 aromatic rings. The highest BCUT2D eigenvalue weighted by atomic mass is 79.9. The molecule has 5 heteroatoms. The van der Waals surface area contributed by atoms with Crippen molar-refractivity contribution >= 4 is 15.9 Å². The normalized spacial score (nSPS) is 12.6. The van der Waals surface area contributed by atoms with Crippen LogP contribution in [0.1, 0.15) is 36.2 Å². The van der Waals surface area contributed by atoms with Crippen molar-refractivity contribution in [1.29, 1.82) is 0 Å². The van der Waals surface area contributed by atoms with Crippen LogP contribution in [0.2, 0.25) is 0 Å². The third-order valence-corrected chi connectivity index (χ3v) is 3.93. The number of halogens is 2. The van der Waals surface area contributed by atoms with Crippen LogP contribution in [0.5, 0.6) is 0 Å². The molecular formula is C15H19BrFN3. The van der Waals surface area contributed by atoms with Crippen LogP contribution in [0.15, 0.2) is 28.9 Å². The van der Waals surface area contributed by atoms with Crippen LogP contribution in [0.3, 0.4) is 0 Å². The number of aromatic nitrogens is 2. The quantitative estimate of drug-likeness (QED) is 0.783. The van der Waals surface area contributed by atoms with Crippen LogP contribution in [0.4, 0.5) is 4.39 Å². The van der Waals surface area contributed by atoms with Crippen LogP contribution >= 0.6 is 15.9 Å². The topological polar surface area (TPSA) is 40.7 Å². The standard InChI is InChI=1S/C15H19BrFN3/c1-10-12(9-19-20-10)4-3-7-18-11(2)14-6-5-13(16)8-15(14)17/h5-6,8-9,11,18H,3-4,7H2,1-2H3,(H,19,20). The average molecular weight is 340 g/mol. The maximum absolute atomic E-state index is 13.8. The van der Waals surface area contributed by atoms with Gasteiger partial charge < -0.3 is 5.32 Å². The van der Waals surface area contributed by atoms with Crippen molar-refractivity contribution in [2.24, 2.45) is 0 Å². The predicted molar refractivity (Wildman–Crippen MR) is 82.2 cm³/mol. The molecule has 1 atom stereocenters. The summed E-state index contributed by atoms with van der Waals surface area (Å²) in [4.78, 5) is 0. The van der Waals surface area contributed by atoms with Crippen molar-refractivity contribution in [2.75, 3.05) is 6.54 Å². The lowest BCUT2D eigenvalue weighted by Crippen LogP contribution is -2.21. The summed E-state index contributed by atoms with van der Waals surface area (Å²) in [7, 11) is 0. The molecule has 20 heavy (non-hydrogen) atoms. The third-order valence-electron chi connectivity index (χ3n) is 3.44. The van der Waals surface area contributed by atoms with Gasteiger partial charge in [-0.05, 0) is 50.9 Å². The third kappa shape index (κ3) is 3.90. The first kappa shape index (κ1) is 15.2. The molecule has 0 aliphatic rings. The number of hydrogen-bond acceptors (Lipinski definition) is 2. The fourth-order valence-electron chi connectivity index (χ4n) is 2.19. The van der Waals surface area contributed by atoms with Crippen molar-refractivity contribution in [2.45, 2.75) is 32.7 Å². The Balaban J connectivity index is 1.80. The minimum atomic E-state index is -0.176. The van der Waals surface area contributed by atoms with E-state index in [0.29, 0.717) is 5.56 Å². The number of nitrogens with one attached hydrogen (secondary N) is 2. The molecule has 0 aliphatic carbocycles. The molecule has 3 nitrogen and oxygen atoms in total. The molecule has 1 heterocycles. The van der Waals surface area contributed by atoms with E-state index in [1.807, 2.05) is 32.2 Å². The molecule has 0 aliphatic heterocycles. The summed E-state index contributed by atoms with van der Waals surface area (Å²) >= 11 is 3.27. The van der Waals surface area contributed by atoms with Crippen molar-refractivity contribution < 1.29 is 4.39 Å². The number of nitrogens with zero attached hydrogens (tertiary/aromatic N) is 1. The minimum absolute atomic E-state index is 0.00791. The van der Waals surface area contributed by atoms with Gasteiger partial charge in [-0.15, -0.1) is 0 Å². The van der Waals surface area contributed by atoms with Crippen molar-refractivity contribution in [3.05, 3.63) is 51.5 Å². The smallest absolute Gasteiger partial charge is 0.129 e. The van der Waals surface area contributed by atoms with Gasteiger partial charge in [0.15, 0.2) is 0 Å². The molecule has 2 rings (SSSR count). The van der Waals surface area contributed by atoms with E-state index >= 15 is 0 Å². The highest BCUT2D eigenvalue weighted by Gasteiger charge is 2.10. The lowest BCUT2D eigenvalue weighted by Gasteiger charge is -2.15. The molecular weight excluding hydrogens is 321 g/mol. The van der Waals surface area contributed by atoms with E-state index in [1.165, 1.54) is 11.6 Å². The van der Waals surface area contributed by atoms with Gasteiger partial charge in [-0.3, -0.25) is 5.10 Å². The number of aryl methyl sites for hydroxylation is 2. The molecule has 0 bridgehead atoms. The molecule has 1 aromatic heterocycles.